The summed E-state index contributed by atoms with van der Waals surface area (Å²) in [5.41, 5.74) is 6.99. The van der Waals surface area contributed by atoms with Crippen molar-refractivity contribution in [2.75, 3.05) is 5.32 Å². The fourth-order valence-electron chi connectivity index (χ4n) is 1.44. The van der Waals surface area contributed by atoms with Crippen molar-refractivity contribution < 1.29 is 4.79 Å². The number of hydrogen-bond acceptors (Lipinski definition) is 2. The molecular formula is C13H18N2OS. The number of benzene rings is 1. The summed E-state index contributed by atoms with van der Waals surface area (Å²) in [4.78, 5) is 12.0. The highest BCUT2D eigenvalue weighted by Crippen LogP contribution is 2.15. The maximum atomic E-state index is 11.7. The van der Waals surface area contributed by atoms with E-state index in [1.807, 2.05) is 18.2 Å². The molecule has 0 aliphatic carbocycles. The minimum absolute atomic E-state index is 0.00222. The lowest BCUT2D eigenvalue weighted by Crippen LogP contribution is -2.17. The fourth-order valence-corrected chi connectivity index (χ4v) is 1.62. The number of nitrogens with one attached hydrogen (secondary N) is 1. The Morgan fingerprint density at radius 1 is 1.41 bits per heavy atom. The second kappa shape index (κ2) is 6.35. The van der Waals surface area contributed by atoms with Gasteiger partial charge in [0.2, 0.25) is 5.91 Å². The predicted molar refractivity (Wildman–Crippen MR) is 75.0 cm³/mol. The van der Waals surface area contributed by atoms with E-state index in [2.05, 4.69) is 19.2 Å². The maximum Gasteiger partial charge on any atom is 0.224 e. The van der Waals surface area contributed by atoms with Crippen LogP contribution in [0, 0.1) is 5.92 Å². The Labute approximate surface area is 107 Å². The molecule has 1 amide bonds. The lowest BCUT2D eigenvalue weighted by atomic mass is 10.1. The van der Waals surface area contributed by atoms with Crippen molar-refractivity contribution in [3.63, 3.8) is 0 Å². The number of amides is 1. The first-order chi connectivity index (χ1) is 8.00. The molecule has 0 heterocycles. The minimum Gasteiger partial charge on any atom is -0.389 e. The lowest BCUT2D eigenvalue weighted by Gasteiger charge is -2.10. The molecule has 4 heteroatoms. The van der Waals surface area contributed by atoms with Crippen LogP contribution in [-0.2, 0) is 4.79 Å². The molecule has 0 aliphatic rings. The average Bonchev–Trinajstić information content (AvgIpc) is 2.27. The summed E-state index contributed by atoms with van der Waals surface area (Å²) < 4.78 is 0. The number of nitrogens with two attached hydrogens (primary N) is 1. The van der Waals surface area contributed by atoms with Crippen LogP contribution < -0.4 is 11.1 Å². The highest BCUT2D eigenvalue weighted by Gasteiger charge is 2.08. The molecule has 0 fully saturated rings. The monoisotopic (exact) mass is 250 g/mol. The van der Waals surface area contributed by atoms with Crippen LogP contribution in [0.15, 0.2) is 24.3 Å². The van der Waals surface area contributed by atoms with Crippen LogP contribution in [0.4, 0.5) is 5.69 Å². The number of rotatable bonds is 5. The smallest absolute Gasteiger partial charge is 0.224 e. The van der Waals surface area contributed by atoms with Crippen LogP contribution in [0.3, 0.4) is 0 Å². The number of thiocarbonyl (C=S) groups is 1. The summed E-state index contributed by atoms with van der Waals surface area (Å²) in [5, 5.41) is 2.84. The van der Waals surface area contributed by atoms with Gasteiger partial charge in [-0.25, -0.2) is 0 Å². The average molecular weight is 250 g/mol. The van der Waals surface area contributed by atoms with E-state index >= 15 is 0 Å². The molecule has 0 unspecified atom stereocenters. The van der Waals surface area contributed by atoms with E-state index in [4.69, 9.17) is 18.0 Å². The Morgan fingerprint density at radius 3 is 2.65 bits per heavy atom. The van der Waals surface area contributed by atoms with Crippen molar-refractivity contribution in [3.05, 3.63) is 29.8 Å². The third kappa shape index (κ3) is 4.53. The molecule has 0 aliphatic heterocycles. The van der Waals surface area contributed by atoms with Gasteiger partial charge in [-0.05, 0) is 24.5 Å². The number of anilines is 1. The van der Waals surface area contributed by atoms with Gasteiger partial charge in [-0.2, -0.15) is 0 Å². The number of carbonyl (C=O) groups excluding carboxylic acids is 1. The van der Waals surface area contributed by atoms with Gasteiger partial charge in [0, 0.05) is 12.0 Å². The second-order valence-corrected chi connectivity index (χ2v) is 4.83. The molecule has 17 heavy (non-hydrogen) atoms. The Hall–Kier alpha value is -1.42. The normalized spacial score (nSPS) is 10.3. The van der Waals surface area contributed by atoms with Gasteiger partial charge in [-0.15, -0.1) is 0 Å². The third-order valence-electron chi connectivity index (χ3n) is 2.42. The molecule has 1 rings (SSSR count). The summed E-state index contributed by atoms with van der Waals surface area (Å²) in [5.74, 6) is 0.522. The molecule has 1 aromatic carbocycles. The summed E-state index contributed by atoms with van der Waals surface area (Å²) in [7, 11) is 0. The minimum atomic E-state index is 0.00222. The number of carbonyl (C=O) groups is 1. The van der Waals surface area contributed by atoms with E-state index < -0.39 is 0 Å². The molecule has 0 aromatic heterocycles. The SMILES string of the molecule is CC(C)CCC(=O)Nc1ccccc1C(N)=S. The molecule has 1 aromatic rings. The quantitative estimate of drug-likeness (QED) is 0.790. The summed E-state index contributed by atoms with van der Waals surface area (Å²) in [6.45, 7) is 4.19. The van der Waals surface area contributed by atoms with Crippen LogP contribution in [0.5, 0.6) is 0 Å². The van der Waals surface area contributed by atoms with Gasteiger partial charge in [-0.1, -0.05) is 38.2 Å². The van der Waals surface area contributed by atoms with Gasteiger partial charge in [0.05, 0.1) is 5.69 Å². The zero-order chi connectivity index (χ0) is 12.8. The summed E-state index contributed by atoms with van der Waals surface area (Å²) in [6.07, 6.45) is 1.39. The van der Waals surface area contributed by atoms with Gasteiger partial charge in [0.1, 0.15) is 4.99 Å². The first-order valence-electron chi connectivity index (χ1n) is 5.69. The molecule has 0 spiro atoms. The van der Waals surface area contributed by atoms with Gasteiger partial charge in [0.15, 0.2) is 0 Å². The van der Waals surface area contributed by atoms with Crippen molar-refractivity contribution in [1.29, 1.82) is 0 Å². The topological polar surface area (TPSA) is 55.1 Å². The van der Waals surface area contributed by atoms with E-state index in [1.54, 1.807) is 6.07 Å². The molecule has 0 atom stereocenters. The second-order valence-electron chi connectivity index (χ2n) is 4.39. The van der Waals surface area contributed by atoms with Crippen LogP contribution in [0.1, 0.15) is 32.3 Å². The largest absolute Gasteiger partial charge is 0.389 e. The molecule has 0 radical (unpaired) electrons. The zero-order valence-electron chi connectivity index (χ0n) is 10.2. The fraction of sp³-hybridized carbons (Fsp3) is 0.385. The van der Waals surface area contributed by atoms with Crippen molar-refractivity contribution in [2.24, 2.45) is 11.7 Å². The lowest BCUT2D eigenvalue weighted by molar-refractivity contribution is -0.116. The van der Waals surface area contributed by atoms with Crippen LogP contribution in [0.25, 0.3) is 0 Å². The molecule has 92 valence electrons. The van der Waals surface area contributed by atoms with Crippen LogP contribution >= 0.6 is 12.2 Å². The Kier molecular flexibility index (Phi) is 5.10. The third-order valence-corrected chi connectivity index (χ3v) is 2.64. The molecular weight excluding hydrogens is 232 g/mol. The first kappa shape index (κ1) is 13.6. The number of para-hydroxylation sites is 1. The zero-order valence-corrected chi connectivity index (χ0v) is 11.0. The highest BCUT2D eigenvalue weighted by atomic mass is 32.1. The number of hydrogen-bond donors (Lipinski definition) is 2. The molecule has 3 nitrogen and oxygen atoms in total. The maximum absolute atomic E-state index is 11.7. The van der Waals surface area contributed by atoms with Crippen molar-refractivity contribution in [2.45, 2.75) is 26.7 Å². The van der Waals surface area contributed by atoms with E-state index in [-0.39, 0.29) is 5.91 Å². The van der Waals surface area contributed by atoms with Crippen molar-refractivity contribution in [3.8, 4) is 0 Å². The predicted octanol–water partition coefficient (Wildman–Crippen LogP) is 2.70. The Bertz CT molecular complexity index is 416. The van der Waals surface area contributed by atoms with Crippen LogP contribution in [-0.4, -0.2) is 10.9 Å². The van der Waals surface area contributed by atoms with Crippen LogP contribution in [0.2, 0.25) is 0 Å². The van der Waals surface area contributed by atoms with E-state index in [1.165, 1.54) is 0 Å². The Balaban J connectivity index is 2.68. The molecule has 3 N–H and O–H groups in total. The summed E-state index contributed by atoms with van der Waals surface area (Å²) in [6, 6.07) is 7.31. The van der Waals surface area contributed by atoms with Gasteiger partial charge < -0.3 is 11.1 Å². The first-order valence-corrected chi connectivity index (χ1v) is 6.10. The Morgan fingerprint density at radius 2 is 2.06 bits per heavy atom. The van der Waals surface area contributed by atoms with E-state index in [0.717, 1.165) is 6.42 Å². The standard InChI is InChI=1S/C13H18N2OS/c1-9(2)7-8-12(16)15-11-6-4-3-5-10(11)13(14)17/h3-6,9H,7-8H2,1-2H3,(H2,14,17)(H,15,16). The van der Waals surface area contributed by atoms with Gasteiger partial charge in [0.25, 0.3) is 0 Å². The van der Waals surface area contributed by atoms with E-state index in [9.17, 15) is 4.79 Å². The molecule has 0 saturated heterocycles. The van der Waals surface area contributed by atoms with E-state index in [0.29, 0.717) is 28.6 Å². The summed E-state index contributed by atoms with van der Waals surface area (Å²) >= 11 is 4.94. The molecule has 0 bridgehead atoms. The van der Waals surface area contributed by atoms with Gasteiger partial charge in [-0.3, -0.25) is 4.79 Å². The van der Waals surface area contributed by atoms with Crippen molar-refractivity contribution in [1.82, 2.24) is 0 Å². The van der Waals surface area contributed by atoms with Gasteiger partial charge >= 0.3 is 0 Å². The highest BCUT2D eigenvalue weighted by molar-refractivity contribution is 7.80. The molecule has 0 saturated carbocycles. The van der Waals surface area contributed by atoms with Crippen molar-refractivity contribution >= 4 is 28.8 Å².